The molecule has 2 heterocycles. The van der Waals surface area contributed by atoms with Gasteiger partial charge in [-0.05, 0) is 31.5 Å². The summed E-state index contributed by atoms with van der Waals surface area (Å²) in [6.45, 7) is 6.48. The van der Waals surface area contributed by atoms with Gasteiger partial charge in [0, 0.05) is 31.7 Å². The van der Waals surface area contributed by atoms with Gasteiger partial charge >= 0.3 is 6.03 Å². The van der Waals surface area contributed by atoms with Crippen molar-refractivity contribution >= 4 is 29.7 Å². The lowest BCUT2D eigenvalue weighted by atomic mass is 10.1. The molecule has 9 nitrogen and oxygen atoms in total. The van der Waals surface area contributed by atoms with Crippen LogP contribution >= 0.6 is 0 Å². The van der Waals surface area contributed by atoms with Gasteiger partial charge in [-0.1, -0.05) is 12.1 Å². The molecule has 2 aliphatic rings. The first-order valence-corrected chi connectivity index (χ1v) is 9.25. The van der Waals surface area contributed by atoms with Gasteiger partial charge in [-0.3, -0.25) is 14.5 Å². The van der Waals surface area contributed by atoms with E-state index in [1.807, 2.05) is 24.3 Å². The Hall–Kier alpha value is -2.94. The van der Waals surface area contributed by atoms with Gasteiger partial charge in [0.1, 0.15) is 5.54 Å². The zero-order valence-corrected chi connectivity index (χ0v) is 16.1. The van der Waals surface area contributed by atoms with Crippen molar-refractivity contribution < 1.29 is 19.1 Å². The minimum Gasteiger partial charge on any atom is -0.378 e. The fourth-order valence-electron chi connectivity index (χ4n) is 3.06. The molecule has 4 amide bonds. The first-order chi connectivity index (χ1) is 13.4. The van der Waals surface area contributed by atoms with Gasteiger partial charge in [-0.25, -0.2) is 10.2 Å². The van der Waals surface area contributed by atoms with Crippen molar-refractivity contribution in [3.63, 3.8) is 0 Å². The van der Waals surface area contributed by atoms with Crippen LogP contribution in [-0.2, 0) is 14.3 Å². The highest BCUT2D eigenvalue weighted by Gasteiger charge is 2.43. The molecule has 0 unspecified atom stereocenters. The standard InChI is InChI=1S/C19H25N5O4/c1-19(2)17(26)24(18(27)21-19)8-7-16(25)22-20-13-14-3-5-15(6-4-14)23-9-11-28-12-10-23/h3-6,13H,7-12H2,1-2H3,(H,21,27)(H,22,25)/b20-13-. The molecule has 0 aliphatic carbocycles. The highest BCUT2D eigenvalue weighted by molar-refractivity contribution is 6.06. The van der Waals surface area contributed by atoms with Crippen LogP contribution in [-0.4, -0.2) is 67.3 Å². The molecule has 1 aromatic rings. The summed E-state index contributed by atoms with van der Waals surface area (Å²) in [5, 5.41) is 6.51. The number of nitrogens with one attached hydrogen (secondary N) is 2. The van der Waals surface area contributed by atoms with Crippen LogP contribution in [0.5, 0.6) is 0 Å². The molecule has 0 bridgehead atoms. The molecule has 3 rings (SSSR count). The van der Waals surface area contributed by atoms with Crippen LogP contribution in [0.1, 0.15) is 25.8 Å². The minimum atomic E-state index is -0.931. The maximum Gasteiger partial charge on any atom is 0.325 e. The Morgan fingerprint density at radius 3 is 2.54 bits per heavy atom. The largest absolute Gasteiger partial charge is 0.378 e. The summed E-state index contributed by atoms with van der Waals surface area (Å²) in [5.41, 5.74) is 3.47. The smallest absolute Gasteiger partial charge is 0.325 e. The van der Waals surface area contributed by atoms with Gasteiger partial charge < -0.3 is 15.0 Å². The Kier molecular flexibility index (Phi) is 5.93. The molecule has 0 atom stereocenters. The van der Waals surface area contributed by atoms with E-state index in [0.717, 1.165) is 42.5 Å². The highest BCUT2D eigenvalue weighted by Crippen LogP contribution is 2.17. The zero-order valence-electron chi connectivity index (χ0n) is 16.1. The number of nitrogens with zero attached hydrogens (tertiary/aromatic N) is 3. The molecule has 0 aromatic heterocycles. The lowest BCUT2D eigenvalue weighted by Crippen LogP contribution is -2.40. The molecule has 9 heteroatoms. The third-order valence-corrected chi connectivity index (χ3v) is 4.68. The van der Waals surface area contributed by atoms with E-state index in [1.54, 1.807) is 20.1 Å². The number of ether oxygens (including phenoxy) is 1. The molecule has 1 aromatic carbocycles. The number of benzene rings is 1. The Balaban J connectivity index is 1.44. The van der Waals surface area contributed by atoms with E-state index in [-0.39, 0.29) is 24.8 Å². The normalized spacial score (nSPS) is 19.2. The number of urea groups is 1. The number of imide groups is 1. The van der Waals surface area contributed by atoms with E-state index in [0.29, 0.717) is 0 Å². The quantitative estimate of drug-likeness (QED) is 0.425. The molecule has 2 N–H and O–H groups in total. The highest BCUT2D eigenvalue weighted by atomic mass is 16.5. The van der Waals surface area contributed by atoms with Gasteiger partial charge in [-0.2, -0.15) is 5.10 Å². The summed E-state index contributed by atoms with van der Waals surface area (Å²) >= 11 is 0. The van der Waals surface area contributed by atoms with Crippen molar-refractivity contribution in [3.8, 4) is 0 Å². The van der Waals surface area contributed by atoms with Crippen LogP contribution < -0.4 is 15.6 Å². The molecule has 2 aliphatic heterocycles. The van der Waals surface area contributed by atoms with Gasteiger partial charge in [0.05, 0.1) is 19.4 Å². The molecule has 0 spiro atoms. The Morgan fingerprint density at radius 1 is 1.25 bits per heavy atom. The minimum absolute atomic E-state index is 0.0114. The lowest BCUT2D eigenvalue weighted by Gasteiger charge is -2.28. The molecule has 150 valence electrons. The van der Waals surface area contributed by atoms with Crippen LogP contribution in [0.2, 0.25) is 0 Å². The first-order valence-electron chi connectivity index (χ1n) is 9.25. The van der Waals surface area contributed by atoms with Crippen molar-refractivity contribution in [3.05, 3.63) is 29.8 Å². The number of carbonyl (C=O) groups is 3. The van der Waals surface area contributed by atoms with E-state index < -0.39 is 11.6 Å². The lowest BCUT2D eigenvalue weighted by molar-refractivity contribution is -0.130. The summed E-state index contributed by atoms with van der Waals surface area (Å²) in [6.07, 6.45) is 1.54. The molecular formula is C19H25N5O4. The Labute approximate surface area is 163 Å². The predicted molar refractivity (Wildman–Crippen MR) is 104 cm³/mol. The summed E-state index contributed by atoms with van der Waals surface area (Å²) in [5.74, 6) is -0.708. The predicted octanol–water partition coefficient (Wildman–Crippen LogP) is 0.694. The summed E-state index contributed by atoms with van der Waals surface area (Å²) in [7, 11) is 0. The number of amides is 4. The monoisotopic (exact) mass is 387 g/mol. The van der Waals surface area contributed by atoms with E-state index in [9.17, 15) is 14.4 Å². The second kappa shape index (κ2) is 8.39. The number of hydrogen-bond acceptors (Lipinski definition) is 6. The fourth-order valence-corrected chi connectivity index (χ4v) is 3.06. The Bertz CT molecular complexity index is 769. The molecule has 2 fully saturated rings. The van der Waals surface area contributed by atoms with Crippen molar-refractivity contribution in [2.45, 2.75) is 25.8 Å². The summed E-state index contributed by atoms with van der Waals surface area (Å²) < 4.78 is 5.35. The van der Waals surface area contributed by atoms with E-state index in [1.165, 1.54) is 0 Å². The number of hydrogen-bond donors (Lipinski definition) is 2. The van der Waals surface area contributed by atoms with E-state index in [4.69, 9.17) is 4.74 Å². The van der Waals surface area contributed by atoms with Crippen LogP contribution in [0.25, 0.3) is 0 Å². The topological polar surface area (TPSA) is 103 Å². The van der Waals surface area contributed by atoms with Crippen molar-refractivity contribution in [1.82, 2.24) is 15.6 Å². The maximum atomic E-state index is 12.1. The first kappa shape index (κ1) is 19.8. The van der Waals surface area contributed by atoms with Gasteiger partial charge in [-0.15, -0.1) is 0 Å². The second-order valence-electron chi connectivity index (χ2n) is 7.25. The number of rotatable bonds is 6. The van der Waals surface area contributed by atoms with Gasteiger partial charge in [0.15, 0.2) is 0 Å². The second-order valence-corrected chi connectivity index (χ2v) is 7.25. The van der Waals surface area contributed by atoms with Crippen LogP contribution in [0.4, 0.5) is 10.5 Å². The average Bonchev–Trinajstić information content (AvgIpc) is 2.88. The van der Waals surface area contributed by atoms with Crippen molar-refractivity contribution in [1.29, 1.82) is 0 Å². The summed E-state index contributed by atoms with van der Waals surface area (Å²) in [6, 6.07) is 7.39. The molecule has 28 heavy (non-hydrogen) atoms. The molecule has 0 radical (unpaired) electrons. The van der Waals surface area contributed by atoms with E-state index in [2.05, 4.69) is 20.7 Å². The Morgan fingerprint density at radius 2 is 1.93 bits per heavy atom. The van der Waals surface area contributed by atoms with Gasteiger partial charge in [0.2, 0.25) is 5.91 Å². The van der Waals surface area contributed by atoms with E-state index >= 15 is 0 Å². The number of morpholine rings is 1. The third-order valence-electron chi connectivity index (χ3n) is 4.68. The molecular weight excluding hydrogens is 362 g/mol. The maximum absolute atomic E-state index is 12.1. The summed E-state index contributed by atoms with van der Waals surface area (Å²) in [4.78, 5) is 39.1. The van der Waals surface area contributed by atoms with Crippen molar-refractivity contribution in [2.24, 2.45) is 5.10 Å². The number of anilines is 1. The van der Waals surface area contributed by atoms with Crippen LogP contribution in [0, 0.1) is 0 Å². The third kappa shape index (κ3) is 4.66. The SMILES string of the molecule is CC1(C)NC(=O)N(CCC(=O)N/N=C\c2ccc(N3CCOCC3)cc2)C1=O. The molecule has 2 saturated heterocycles. The number of hydrazone groups is 1. The zero-order chi connectivity index (χ0) is 20.1. The van der Waals surface area contributed by atoms with Crippen LogP contribution in [0.3, 0.4) is 0 Å². The fraction of sp³-hybridized carbons (Fsp3) is 0.474. The number of carbonyl (C=O) groups excluding carboxylic acids is 3. The van der Waals surface area contributed by atoms with Gasteiger partial charge in [0.25, 0.3) is 5.91 Å². The molecule has 0 saturated carbocycles. The average molecular weight is 387 g/mol. The van der Waals surface area contributed by atoms with Crippen LogP contribution in [0.15, 0.2) is 29.4 Å². The van der Waals surface area contributed by atoms with Crippen molar-refractivity contribution in [2.75, 3.05) is 37.7 Å².